The van der Waals surface area contributed by atoms with Gasteiger partial charge in [-0.3, -0.25) is 0 Å². The second-order valence-corrected chi connectivity index (χ2v) is 6.04. The van der Waals surface area contributed by atoms with Gasteiger partial charge >= 0.3 is 0 Å². The third-order valence-corrected chi connectivity index (χ3v) is 4.61. The van der Waals surface area contributed by atoms with E-state index in [4.69, 9.17) is 5.73 Å². The van der Waals surface area contributed by atoms with Crippen molar-refractivity contribution in [2.45, 2.75) is 51.0 Å². The first kappa shape index (κ1) is 18.7. The van der Waals surface area contributed by atoms with Crippen LogP contribution in [0.4, 0.5) is 0 Å². The van der Waals surface area contributed by atoms with Crippen molar-refractivity contribution in [3.8, 4) is 0 Å². The molecule has 1 nitrogen and oxygen atoms in total. The van der Waals surface area contributed by atoms with Crippen LogP contribution >= 0.6 is 12.4 Å². The van der Waals surface area contributed by atoms with Crippen LogP contribution in [0.25, 0.3) is 0 Å². The van der Waals surface area contributed by atoms with Crippen LogP contribution in [-0.2, 0) is 5.41 Å². The van der Waals surface area contributed by atoms with E-state index in [-0.39, 0.29) is 23.9 Å². The fourth-order valence-electron chi connectivity index (χ4n) is 3.07. The largest absolute Gasteiger partial charge is 0.327 e. The van der Waals surface area contributed by atoms with Crippen LogP contribution in [0.3, 0.4) is 0 Å². The molecule has 0 aliphatic rings. The number of benzene rings is 2. The minimum Gasteiger partial charge on any atom is -0.327 e. The monoisotopic (exact) mass is 317 g/mol. The highest BCUT2D eigenvalue weighted by Gasteiger charge is 2.34. The van der Waals surface area contributed by atoms with Crippen LogP contribution in [0.15, 0.2) is 60.7 Å². The zero-order valence-electron chi connectivity index (χ0n) is 13.7. The molecule has 0 aliphatic carbocycles. The van der Waals surface area contributed by atoms with Crippen LogP contribution < -0.4 is 5.73 Å². The Morgan fingerprint density at radius 3 is 1.73 bits per heavy atom. The third kappa shape index (κ3) is 4.12. The standard InChI is InChI=1S/C20H27N.ClH/c1-3-4-7-16-19(21)20(2,17-12-8-5-9-13-17)18-14-10-6-11-15-18;/h5-6,8-15,19H,3-4,7,16,21H2,1-2H3;1H. The summed E-state index contributed by atoms with van der Waals surface area (Å²) < 4.78 is 0. The van der Waals surface area contributed by atoms with E-state index in [9.17, 15) is 0 Å². The molecule has 2 heteroatoms. The second kappa shape index (κ2) is 8.97. The van der Waals surface area contributed by atoms with Gasteiger partial charge in [0, 0.05) is 11.5 Å². The van der Waals surface area contributed by atoms with Crippen LogP contribution in [0.1, 0.15) is 50.7 Å². The molecule has 0 heterocycles. The lowest BCUT2D eigenvalue weighted by atomic mass is 9.69. The quantitative estimate of drug-likeness (QED) is 0.687. The van der Waals surface area contributed by atoms with Crippen LogP contribution in [0.5, 0.6) is 0 Å². The Hall–Kier alpha value is -1.31. The summed E-state index contributed by atoms with van der Waals surface area (Å²) in [5.74, 6) is 0. The van der Waals surface area contributed by atoms with Gasteiger partial charge in [-0.1, -0.05) is 86.8 Å². The molecule has 0 bridgehead atoms. The SMILES string of the molecule is CCCCCC(N)C(C)(c1ccccc1)c1ccccc1.Cl. The lowest BCUT2D eigenvalue weighted by molar-refractivity contribution is 0.404. The van der Waals surface area contributed by atoms with Gasteiger partial charge in [-0.25, -0.2) is 0 Å². The van der Waals surface area contributed by atoms with E-state index in [1.54, 1.807) is 0 Å². The molecule has 1 atom stereocenters. The first-order valence-corrected chi connectivity index (χ1v) is 8.06. The Bertz CT molecular complexity index is 484. The maximum absolute atomic E-state index is 6.66. The van der Waals surface area contributed by atoms with Crippen molar-refractivity contribution in [3.05, 3.63) is 71.8 Å². The van der Waals surface area contributed by atoms with Gasteiger partial charge in [0.1, 0.15) is 0 Å². The van der Waals surface area contributed by atoms with E-state index in [1.165, 1.54) is 30.4 Å². The summed E-state index contributed by atoms with van der Waals surface area (Å²) in [6.07, 6.45) is 4.76. The highest BCUT2D eigenvalue weighted by atomic mass is 35.5. The highest BCUT2D eigenvalue weighted by Crippen LogP contribution is 2.36. The van der Waals surface area contributed by atoms with Gasteiger partial charge < -0.3 is 5.73 Å². The summed E-state index contributed by atoms with van der Waals surface area (Å²) in [7, 11) is 0. The molecular weight excluding hydrogens is 290 g/mol. The summed E-state index contributed by atoms with van der Waals surface area (Å²) in [5, 5.41) is 0. The molecule has 2 N–H and O–H groups in total. The van der Waals surface area contributed by atoms with E-state index in [0.29, 0.717) is 0 Å². The smallest absolute Gasteiger partial charge is 0.0325 e. The Balaban J connectivity index is 0.00000242. The molecule has 2 aromatic rings. The van der Waals surface area contributed by atoms with E-state index in [1.807, 2.05) is 0 Å². The van der Waals surface area contributed by atoms with Crippen molar-refractivity contribution < 1.29 is 0 Å². The number of hydrogen-bond acceptors (Lipinski definition) is 1. The van der Waals surface area contributed by atoms with Crippen LogP contribution in [0, 0.1) is 0 Å². The Morgan fingerprint density at radius 1 is 0.864 bits per heavy atom. The minimum absolute atomic E-state index is 0. The van der Waals surface area contributed by atoms with E-state index < -0.39 is 0 Å². The molecule has 0 aliphatic heterocycles. The molecule has 0 saturated carbocycles. The van der Waals surface area contributed by atoms with Crippen LogP contribution in [-0.4, -0.2) is 6.04 Å². The topological polar surface area (TPSA) is 26.0 Å². The van der Waals surface area contributed by atoms with Crippen molar-refractivity contribution in [1.82, 2.24) is 0 Å². The van der Waals surface area contributed by atoms with Gasteiger partial charge in [0.25, 0.3) is 0 Å². The average Bonchev–Trinajstić information content (AvgIpc) is 2.56. The Kier molecular flexibility index (Phi) is 7.64. The Labute approximate surface area is 141 Å². The van der Waals surface area contributed by atoms with Gasteiger partial charge in [0.2, 0.25) is 0 Å². The molecule has 0 saturated heterocycles. The molecule has 2 rings (SSSR count). The summed E-state index contributed by atoms with van der Waals surface area (Å²) >= 11 is 0. The lowest BCUT2D eigenvalue weighted by Gasteiger charge is -2.37. The predicted molar refractivity (Wildman–Crippen MR) is 98.7 cm³/mol. The first-order valence-electron chi connectivity index (χ1n) is 8.06. The molecule has 0 fully saturated rings. The number of hydrogen-bond donors (Lipinski definition) is 1. The van der Waals surface area contributed by atoms with E-state index in [2.05, 4.69) is 74.5 Å². The highest BCUT2D eigenvalue weighted by molar-refractivity contribution is 5.85. The van der Waals surface area contributed by atoms with Crippen molar-refractivity contribution in [3.63, 3.8) is 0 Å². The zero-order valence-corrected chi connectivity index (χ0v) is 14.5. The van der Waals surface area contributed by atoms with Crippen molar-refractivity contribution in [1.29, 1.82) is 0 Å². The third-order valence-electron chi connectivity index (χ3n) is 4.61. The molecule has 0 aromatic heterocycles. The van der Waals surface area contributed by atoms with Crippen molar-refractivity contribution in [2.24, 2.45) is 5.73 Å². The number of halogens is 1. The molecular formula is C20H28ClN. The maximum atomic E-state index is 6.66. The van der Waals surface area contributed by atoms with Gasteiger partial charge in [-0.2, -0.15) is 0 Å². The molecule has 22 heavy (non-hydrogen) atoms. The predicted octanol–water partition coefficient (Wildman–Crippen LogP) is 5.32. The fourth-order valence-corrected chi connectivity index (χ4v) is 3.07. The number of unbranched alkanes of at least 4 members (excludes halogenated alkanes) is 2. The van der Waals surface area contributed by atoms with Gasteiger partial charge in [-0.05, 0) is 24.5 Å². The number of rotatable bonds is 7. The first-order chi connectivity index (χ1) is 10.2. The van der Waals surface area contributed by atoms with Crippen LogP contribution in [0.2, 0.25) is 0 Å². The van der Waals surface area contributed by atoms with E-state index >= 15 is 0 Å². The summed E-state index contributed by atoms with van der Waals surface area (Å²) in [6, 6.07) is 21.5. The molecule has 0 amide bonds. The molecule has 0 radical (unpaired) electrons. The number of nitrogens with two attached hydrogens (primary N) is 1. The van der Waals surface area contributed by atoms with Gasteiger partial charge in [0.05, 0.1) is 0 Å². The molecule has 120 valence electrons. The van der Waals surface area contributed by atoms with Gasteiger partial charge in [-0.15, -0.1) is 12.4 Å². The lowest BCUT2D eigenvalue weighted by Crippen LogP contribution is -2.44. The van der Waals surface area contributed by atoms with Gasteiger partial charge in [0.15, 0.2) is 0 Å². The fraction of sp³-hybridized carbons (Fsp3) is 0.400. The van der Waals surface area contributed by atoms with Crippen molar-refractivity contribution in [2.75, 3.05) is 0 Å². The molecule has 2 aromatic carbocycles. The van der Waals surface area contributed by atoms with E-state index in [0.717, 1.165) is 6.42 Å². The Morgan fingerprint density at radius 2 is 1.32 bits per heavy atom. The summed E-state index contributed by atoms with van der Waals surface area (Å²) in [6.45, 7) is 4.52. The maximum Gasteiger partial charge on any atom is 0.0325 e. The zero-order chi connectivity index (χ0) is 15.1. The summed E-state index contributed by atoms with van der Waals surface area (Å²) in [5.41, 5.74) is 9.14. The normalized spacial score (nSPS) is 12.5. The second-order valence-electron chi connectivity index (χ2n) is 6.04. The molecule has 0 spiro atoms. The average molecular weight is 318 g/mol. The van der Waals surface area contributed by atoms with Crippen molar-refractivity contribution >= 4 is 12.4 Å². The minimum atomic E-state index is -0.129. The molecule has 1 unspecified atom stereocenters. The summed E-state index contributed by atoms with van der Waals surface area (Å²) in [4.78, 5) is 0.